The highest BCUT2D eigenvalue weighted by molar-refractivity contribution is 5.30. The van der Waals surface area contributed by atoms with Gasteiger partial charge < -0.3 is 10.1 Å². The number of nitrogens with zero attached hydrogens (tertiary/aromatic N) is 1. The molecule has 3 heteroatoms. The Morgan fingerprint density at radius 1 is 1.39 bits per heavy atom. The van der Waals surface area contributed by atoms with Crippen LogP contribution in [0.15, 0.2) is 18.5 Å². The average molecular weight is 248 g/mol. The first-order valence-corrected chi connectivity index (χ1v) is 6.98. The molecule has 0 radical (unpaired) electrons. The summed E-state index contributed by atoms with van der Waals surface area (Å²) in [6, 6.07) is 2.77. The fraction of sp³-hybridized carbons (Fsp3) is 0.667. The van der Waals surface area contributed by atoms with E-state index in [2.05, 4.69) is 31.1 Å². The van der Waals surface area contributed by atoms with Gasteiger partial charge in [0.2, 0.25) is 0 Å². The van der Waals surface area contributed by atoms with Crippen LogP contribution >= 0.6 is 0 Å². The molecule has 0 amide bonds. The van der Waals surface area contributed by atoms with Crippen LogP contribution in [0.1, 0.15) is 45.6 Å². The smallest absolute Gasteiger partial charge is 0.142 e. The highest BCUT2D eigenvalue weighted by atomic mass is 16.5. The largest absolute Gasteiger partial charge is 0.489 e. The Morgan fingerprint density at radius 3 is 2.83 bits per heavy atom. The predicted molar refractivity (Wildman–Crippen MR) is 73.6 cm³/mol. The van der Waals surface area contributed by atoms with Crippen molar-refractivity contribution in [3.05, 3.63) is 24.0 Å². The van der Waals surface area contributed by atoms with E-state index in [9.17, 15) is 0 Å². The zero-order valence-electron chi connectivity index (χ0n) is 11.6. The summed E-state index contributed by atoms with van der Waals surface area (Å²) in [5.41, 5.74) is 1.22. The molecule has 1 aliphatic carbocycles. The molecule has 1 N–H and O–H groups in total. The van der Waals surface area contributed by atoms with Crippen LogP contribution in [0.4, 0.5) is 0 Å². The number of ether oxygens (including phenoxy) is 1. The Bertz CT molecular complexity index is 375. The molecule has 0 aliphatic heterocycles. The van der Waals surface area contributed by atoms with Crippen molar-refractivity contribution in [2.45, 2.75) is 58.7 Å². The van der Waals surface area contributed by atoms with Gasteiger partial charge in [0.1, 0.15) is 5.75 Å². The quantitative estimate of drug-likeness (QED) is 0.805. The van der Waals surface area contributed by atoms with E-state index in [4.69, 9.17) is 4.74 Å². The minimum absolute atomic E-state index is 0.244. The Balaban J connectivity index is 1.92. The summed E-state index contributed by atoms with van der Waals surface area (Å²) < 4.78 is 6.01. The topological polar surface area (TPSA) is 34.1 Å². The lowest BCUT2D eigenvalue weighted by atomic mass is 10.1. The van der Waals surface area contributed by atoms with Gasteiger partial charge in [-0.25, -0.2) is 0 Å². The van der Waals surface area contributed by atoms with Gasteiger partial charge in [-0.05, 0) is 38.2 Å². The summed E-state index contributed by atoms with van der Waals surface area (Å²) in [5.74, 6) is 1.59. The summed E-state index contributed by atoms with van der Waals surface area (Å²) in [5, 5.41) is 3.52. The normalized spacial score (nSPS) is 16.9. The monoisotopic (exact) mass is 248 g/mol. The molecule has 0 aromatic carbocycles. The molecule has 1 heterocycles. The van der Waals surface area contributed by atoms with Crippen molar-refractivity contribution >= 4 is 0 Å². The molecule has 100 valence electrons. The van der Waals surface area contributed by atoms with Crippen LogP contribution in [0.25, 0.3) is 0 Å². The minimum Gasteiger partial charge on any atom is -0.489 e. The Morgan fingerprint density at radius 2 is 2.17 bits per heavy atom. The molecule has 1 aromatic rings. The van der Waals surface area contributed by atoms with Gasteiger partial charge in [0.05, 0.1) is 12.3 Å². The van der Waals surface area contributed by atoms with Gasteiger partial charge in [-0.15, -0.1) is 0 Å². The minimum atomic E-state index is 0.244. The second-order valence-electron chi connectivity index (χ2n) is 5.70. The second-order valence-corrected chi connectivity index (χ2v) is 5.70. The summed E-state index contributed by atoms with van der Waals surface area (Å²) in [6.07, 6.45) is 7.61. The first kappa shape index (κ1) is 13.3. The lowest BCUT2D eigenvalue weighted by Gasteiger charge is -2.18. The van der Waals surface area contributed by atoms with Crippen LogP contribution in [0.2, 0.25) is 0 Å². The van der Waals surface area contributed by atoms with Gasteiger partial charge in [0, 0.05) is 24.3 Å². The lowest BCUT2D eigenvalue weighted by molar-refractivity contribution is 0.190. The molecule has 1 atom stereocenters. The van der Waals surface area contributed by atoms with E-state index in [0.29, 0.717) is 5.92 Å². The SMILES string of the molecule is CC(C)CC(C)Oc1cnccc1CNC1CC1. The van der Waals surface area contributed by atoms with Crippen molar-refractivity contribution in [3.63, 3.8) is 0 Å². The molecule has 1 fully saturated rings. The van der Waals surface area contributed by atoms with Gasteiger partial charge in [0.25, 0.3) is 0 Å². The molecule has 0 spiro atoms. The molecular formula is C15H24N2O. The summed E-state index contributed by atoms with van der Waals surface area (Å²) in [4.78, 5) is 4.17. The standard InChI is InChI=1S/C15H24N2O/c1-11(2)8-12(3)18-15-10-16-7-6-13(15)9-17-14-4-5-14/h6-7,10-12,14,17H,4-5,8-9H2,1-3H3. The van der Waals surface area contributed by atoms with Crippen LogP contribution in [-0.2, 0) is 6.54 Å². The fourth-order valence-electron chi connectivity index (χ4n) is 2.13. The number of nitrogens with one attached hydrogen (secondary N) is 1. The summed E-state index contributed by atoms with van der Waals surface area (Å²) in [7, 11) is 0. The van der Waals surface area contributed by atoms with E-state index in [1.54, 1.807) is 0 Å². The summed E-state index contributed by atoms with van der Waals surface area (Å²) in [6.45, 7) is 7.46. The highest BCUT2D eigenvalue weighted by Gasteiger charge is 2.20. The molecule has 2 rings (SSSR count). The van der Waals surface area contributed by atoms with E-state index >= 15 is 0 Å². The third kappa shape index (κ3) is 4.30. The predicted octanol–water partition coefficient (Wildman–Crippen LogP) is 3.15. The van der Waals surface area contributed by atoms with Crippen molar-refractivity contribution in [2.24, 2.45) is 5.92 Å². The zero-order chi connectivity index (χ0) is 13.0. The van der Waals surface area contributed by atoms with Gasteiger partial charge in [-0.2, -0.15) is 0 Å². The van der Waals surface area contributed by atoms with Crippen molar-refractivity contribution < 1.29 is 4.74 Å². The molecule has 1 aromatic heterocycles. The number of aromatic nitrogens is 1. The third-order valence-corrected chi connectivity index (χ3v) is 3.16. The average Bonchev–Trinajstić information content (AvgIpc) is 3.10. The van der Waals surface area contributed by atoms with Gasteiger partial charge in [-0.3, -0.25) is 4.98 Å². The van der Waals surface area contributed by atoms with Crippen LogP contribution in [0.3, 0.4) is 0 Å². The van der Waals surface area contributed by atoms with Gasteiger partial charge in [0.15, 0.2) is 0 Å². The number of pyridine rings is 1. The molecular weight excluding hydrogens is 224 g/mol. The zero-order valence-corrected chi connectivity index (χ0v) is 11.6. The third-order valence-electron chi connectivity index (χ3n) is 3.16. The van der Waals surface area contributed by atoms with E-state index in [0.717, 1.165) is 24.8 Å². The van der Waals surface area contributed by atoms with Crippen molar-refractivity contribution in [1.82, 2.24) is 10.3 Å². The van der Waals surface area contributed by atoms with Crippen LogP contribution < -0.4 is 10.1 Å². The molecule has 3 nitrogen and oxygen atoms in total. The Labute approximate surface area is 110 Å². The van der Waals surface area contributed by atoms with E-state index in [-0.39, 0.29) is 6.10 Å². The number of hydrogen-bond donors (Lipinski definition) is 1. The van der Waals surface area contributed by atoms with Crippen LogP contribution in [0, 0.1) is 5.92 Å². The van der Waals surface area contributed by atoms with E-state index in [1.807, 2.05) is 18.5 Å². The Hall–Kier alpha value is -1.09. The van der Waals surface area contributed by atoms with Crippen molar-refractivity contribution in [2.75, 3.05) is 0 Å². The maximum atomic E-state index is 6.01. The molecule has 1 unspecified atom stereocenters. The van der Waals surface area contributed by atoms with Crippen LogP contribution in [0.5, 0.6) is 5.75 Å². The molecule has 1 aliphatic rings. The molecule has 18 heavy (non-hydrogen) atoms. The van der Waals surface area contributed by atoms with Crippen molar-refractivity contribution in [3.8, 4) is 5.75 Å². The highest BCUT2D eigenvalue weighted by Crippen LogP contribution is 2.23. The first-order chi connectivity index (χ1) is 8.65. The molecule has 0 bridgehead atoms. The van der Waals surface area contributed by atoms with Crippen molar-refractivity contribution in [1.29, 1.82) is 0 Å². The molecule has 1 saturated carbocycles. The van der Waals surface area contributed by atoms with E-state index in [1.165, 1.54) is 18.4 Å². The number of hydrogen-bond acceptors (Lipinski definition) is 3. The lowest BCUT2D eigenvalue weighted by Crippen LogP contribution is -2.19. The van der Waals surface area contributed by atoms with E-state index < -0.39 is 0 Å². The van der Waals surface area contributed by atoms with Gasteiger partial charge in [-0.1, -0.05) is 13.8 Å². The molecule has 0 saturated heterocycles. The first-order valence-electron chi connectivity index (χ1n) is 6.98. The second kappa shape index (κ2) is 6.19. The maximum Gasteiger partial charge on any atom is 0.142 e. The van der Waals surface area contributed by atoms with Gasteiger partial charge >= 0.3 is 0 Å². The van der Waals surface area contributed by atoms with Crippen LogP contribution in [-0.4, -0.2) is 17.1 Å². The maximum absolute atomic E-state index is 6.01. The number of rotatable bonds is 7. The fourth-order valence-corrected chi connectivity index (χ4v) is 2.13. The Kier molecular flexibility index (Phi) is 4.59. The summed E-state index contributed by atoms with van der Waals surface area (Å²) >= 11 is 0.